The zero-order valence-corrected chi connectivity index (χ0v) is 19.2. The molecule has 0 aliphatic rings. The zero-order chi connectivity index (χ0) is 28.4. The predicted molar refractivity (Wildman–Crippen MR) is 117 cm³/mol. The molecule has 38 heavy (non-hydrogen) atoms. The van der Waals surface area contributed by atoms with E-state index in [1.165, 1.54) is 18.2 Å². The normalized spacial score (nSPS) is 11.0. The summed E-state index contributed by atoms with van der Waals surface area (Å²) >= 11 is 0. The number of nitrogens with zero attached hydrogens (tertiary/aromatic N) is 4. The molecule has 0 N–H and O–H groups in total. The molecule has 3 aromatic rings. The molecular formula is C22H14F4N4O8. The van der Waals surface area contributed by atoms with Gasteiger partial charge < -0.3 is 4.74 Å². The highest BCUT2D eigenvalue weighted by molar-refractivity contribution is 5.65. The minimum atomic E-state index is -5.09. The van der Waals surface area contributed by atoms with Crippen molar-refractivity contribution in [1.29, 1.82) is 5.26 Å². The molecule has 2 aromatic carbocycles. The molecule has 0 aliphatic heterocycles. The third kappa shape index (κ3) is 5.46. The molecule has 12 nitrogen and oxygen atoms in total. The number of hydrogen-bond acceptors (Lipinski definition) is 9. The van der Waals surface area contributed by atoms with Gasteiger partial charge in [-0.05, 0) is 6.07 Å². The van der Waals surface area contributed by atoms with Crippen LogP contribution in [0.15, 0.2) is 46.0 Å². The molecule has 0 fully saturated rings. The monoisotopic (exact) mass is 538 g/mol. The number of hydrogen-bond donors (Lipinski definition) is 0. The quantitative estimate of drug-likeness (QED) is 0.191. The van der Waals surface area contributed by atoms with Crippen LogP contribution in [0.1, 0.15) is 18.2 Å². The van der Waals surface area contributed by atoms with E-state index < -0.39 is 57.0 Å². The number of carbonyl (C=O) groups is 1. The van der Waals surface area contributed by atoms with E-state index >= 15 is 0 Å². The number of carbonyl (C=O) groups excluding carboxylic acids is 1. The second-order valence-corrected chi connectivity index (χ2v) is 7.41. The third-order valence-corrected chi connectivity index (χ3v) is 4.87. The van der Waals surface area contributed by atoms with Crippen LogP contribution in [-0.4, -0.2) is 20.0 Å². The number of nitro benzene ring substituents is 1. The Morgan fingerprint density at radius 1 is 1.18 bits per heavy atom. The van der Waals surface area contributed by atoms with Crippen molar-refractivity contribution >= 4 is 11.7 Å². The molecule has 198 valence electrons. The van der Waals surface area contributed by atoms with E-state index in [2.05, 4.69) is 4.89 Å². The van der Waals surface area contributed by atoms with E-state index in [-0.39, 0.29) is 44.8 Å². The zero-order valence-electron chi connectivity index (χ0n) is 19.2. The SMILES string of the molecule is CC(=O)OOc1cccc(CC#N)c1Oc1cc(-n2c(=O)cc(C(F)(F)F)n(C)c2=O)c(F)cc1[N+](=O)[O-]. The van der Waals surface area contributed by atoms with Gasteiger partial charge in [0.05, 0.1) is 29.2 Å². The van der Waals surface area contributed by atoms with Crippen LogP contribution in [0.3, 0.4) is 0 Å². The van der Waals surface area contributed by atoms with Gasteiger partial charge in [-0.25, -0.2) is 18.5 Å². The van der Waals surface area contributed by atoms with Gasteiger partial charge in [0.15, 0.2) is 11.6 Å². The number of benzene rings is 2. The molecule has 16 heteroatoms. The summed E-state index contributed by atoms with van der Waals surface area (Å²) in [6.07, 6.45) is -5.43. The van der Waals surface area contributed by atoms with Gasteiger partial charge >= 0.3 is 23.5 Å². The lowest BCUT2D eigenvalue weighted by atomic mass is 10.1. The van der Waals surface area contributed by atoms with Crippen molar-refractivity contribution in [3.63, 3.8) is 0 Å². The van der Waals surface area contributed by atoms with E-state index in [9.17, 15) is 42.1 Å². The predicted octanol–water partition coefficient (Wildman–Crippen LogP) is 3.32. The molecule has 3 rings (SSSR count). The lowest BCUT2D eigenvalue weighted by molar-refractivity contribution is -0.385. The minimum absolute atomic E-state index is 0.0264. The Hall–Kier alpha value is -5.20. The van der Waals surface area contributed by atoms with Crippen molar-refractivity contribution in [2.75, 3.05) is 0 Å². The van der Waals surface area contributed by atoms with Gasteiger partial charge in [-0.2, -0.15) is 18.4 Å². The molecule has 0 spiro atoms. The van der Waals surface area contributed by atoms with Gasteiger partial charge in [-0.3, -0.25) is 29.3 Å². The Morgan fingerprint density at radius 3 is 2.45 bits per heavy atom. The van der Waals surface area contributed by atoms with E-state index in [0.717, 1.165) is 6.92 Å². The fourth-order valence-corrected chi connectivity index (χ4v) is 3.23. The van der Waals surface area contributed by atoms with E-state index in [4.69, 9.17) is 14.9 Å². The number of nitriles is 1. The number of para-hydroxylation sites is 1. The van der Waals surface area contributed by atoms with E-state index in [1.807, 2.05) is 0 Å². The number of halogens is 4. The number of aromatic nitrogens is 2. The lowest BCUT2D eigenvalue weighted by Crippen LogP contribution is -2.41. The molecular weight excluding hydrogens is 524 g/mol. The number of alkyl halides is 3. The van der Waals surface area contributed by atoms with Crippen LogP contribution in [0.5, 0.6) is 17.2 Å². The first-order chi connectivity index (χ1) is 17.8. The number of ether oxygens (including phenoxy) is 1. The molecule has 0 saturated heterocycles. The minimum Gasteiger partial charge on any atom is -0.446 e. The van der Waals surface area contributed by atoms with Crippen LogP contribution in [0, 0.1) is 27.3 Å². The third-order valence-electron chi connectivity index (χ3n) is 4.87. The van der Waals surface area contributed by atoms with Crippen molar-refractivity contribution in [3.05, 3.63) is 84.4 Å². The molecule has 0 aliphatic carbocycles. The fourth-order valence-electron chi connectivity index (χ4n) is 3.23. The van der Waals surface area contributed by atoms with Crippen LogP contribution < -0.4 is 20.9 Å². The van der Waals surface area contributed by atoms with Gasteiger partial charge in [0, 0.05) is 31.7 Å². The highest BCUT2D eigenvalue weighted by Crippen LogP contribution is 2.40. The number of rotatable bonds is 7. The van der Waals surface area contributed by atoms with Crippen molar-refractivity contribution in [1.82, 2.24) is 9.13 Å². The van der Waals surface area contributed by atoms with Gasteiger partial charge in [-0.15, -0.1) is 0 Å². The summed E-state index contributed by atoms with van der Waals surface area (Å²) in [4.78, 5) is 56.0. The molecule has 1 heterocycles. The first-order valence-corrected chi connectivity index (χ1v) is 10.2. The Kier molecular flexibility index (Phi) is 7.51. The van der Waals surface area contributed by atoms with Gasteiger partial charge in [0.25, 0.3) is 5.56 Å². The summed E-state index contributed by atoms with van der Waals surface area (Å²) in [5, 5.41) is 20.7. The van der Waals surface area contributed by atoms with Crippen LogP contribution in [0.2, 0.25) is 0 Å². The smallest absolute Gasteiger partial charge is 0.431 e. The number of nitro groups is 1. The Labute approximate surface area is 208 Å². The summed E-state index contributed by atoms with van der Waals surface area (Å²) in [7, 11) is 0.693. The van der Waals surface area contributed by atoms with Crippen LogP contribution in [0.25, 0.3) is 5.69 Å². The van der Waals surface area contributed by atoms with Crippen molar-refractivity contribution in [2.24, 2.45) is 7.05 Å². The van der Waals surface area contributed by atoms with Gasteiger partial charge in [0.2, 0.25) is 11.5 Å². The maximum atomic E-state index is 14.9. The second kappa shape index (κ2) is 10.4. The fraction of sp³-hybridized carbons (Fsp3) is 0.182. The summed E-state index contributed by atoms with van der Waals surface area (Å²) in [6, 6.07) is 6.61. The van der Waals surface area contributed by atoms with E-state index in [0.29, 0.717) is 13.1 Å². The van der Waals surface area contributed by atoms with Gasteiger partial charge in [-0.1, -0.05) is 12.1 Å². The summed E-state index contributed by atoms with van der Waals surface area (Å²) in [6.45, 7) is 0.999. The maximum Gasteiger partial charge on any atom is 0.431 e. The summed E-state index contributed by atoms with van der Waals surface area (Å²) in [5.74, 6) is -3.92. The standard InChI is InChI=1S/C22H14F4N4O8/c1-11(31)37-38-16-5-3-4-12(6-7-27)20(16)36-17-9-14(13(23)8-15(17)30(34)35)29-19(32)10-18(22(24,25)26)28(2)21(29)33/h3-5,8-10H,6H2,1-2H3. The lowest BCUT2D eigenvalue weighted by Gasteiger charge is -2.16. The summed E-state index contributed by atoms with van der Waals surface area (Å²) in [5.41, 5.74) is -6.71. The van der Waals surface area contributed by atoms with Crippen molar-refractivity contribution in [3.8, 4) is 29.0 Å². The topological polar surface area (TPSA) is 156 Å². The molecule has 0 bridgehead atoms. The Balaban J connectivity index is 2.28. The molecule has 0 unspecified atom stereocenters. The molecule has 0 amide bonds. The Bertz CT molecular complexity index is 1610. The Morgan fingerprint density at radius 2 is 1.87 bits per heavy atom. The first kappa shape index (κ1) is 27.4. The summed E-state index contributed by atoms with van der Waals surface area (Å²) < 4.78 is 60.1. The molecule has 0 atom stereocenters. The molecule has 0 radical (unpaired) electrons. The average Bonchev–Trinajstić information content (AvgIpc) is 2.82. The molecule has 0 saturated carbocycles. The van der Waals surface area contributed by atoms with Crippen LogP contribution in [0.4, 0.5) is 23.2 Å². The van der Waals surface area contributed by atoms with E-state index in [1.54, 1.807) is 6.07 Å². The maximum absolute atomic E-state index is 14.9. The first-order valence-electron chi connectivity index (χ1n) is 10.2. The van der Waals surface area contributed by atoms with Crippen LogP contribution >= 0.6 is 0 Å². The average molecular weight is 538 g/mol. The second-order valence-electron chi connectivity index (χ2n) is 7.41. The largest absolute Gasteiger partial charge is 0.446 e. The highest BCUT2D eigenvalue weighted by atomic mass is 19.4. The van der Waals surface area contributed by atoms with Crippen molar-refractivity contribution < 1.29 is 41.8 Å². The molecule has 1 aromatic heterocycles. The van der Waals surface area contributed by atoms with Gasteiger partial charge in [0.1, 0.15) is 5.69 Å². The van der Waals surface area contributed by atoms with Crippen LogP contribution in [-0.2, 0) is 29.3 Å². The van der Waals surface area contributed by atoms with Crippen molar-refractivity contribution in [2.45, 2.75) is 19.5 Å². The highest BCUT2D eigenvalue weighted by Gasteiger charge is 2.35.